The summed E-state index contributed by atoms with van der Waals surface area (Å²) in [6.45, 7) is 1.94. The molecule has 0 spiro atoms. The molecule has 0 unspecified atom stereocenters. The molecule has 2 aromatic carbocycles. The number of hydrogen-bond acceptors (Lipinski definition) is 4. The number of aromatic nitrogens is 3. The lowest BCUT2D eigenvalue weighted by molar-refractivity contribution is 0.0689. The van der Waals surface area contributed by atoms with Crippen LogP contribution in [0, 0.1) is 6.92 Å². The van der Waals surface area contributed by atoms with Gasteiger partial charge in [0, 0.05) is 6.42 Å². The van der Waals surface area contributed by atoms with Crippen LogP contribution in [-0.2, 0) is 6.42 Å². The first-order valence-electron chi connectivity index (χ1n) is 7.07. The summed E-state index contributed by atoms with van der Waals surface area (Å²) in [6.07, 6.45) is 0.280. The van der Waals surface area contributed by atoms with Crippen molar-refractivity contribution in [2.75, 3.05) is 0 Å². The number of carbonyl (C=O) groups is 1. The van der Waals surface area contributed by atoms with Gasteiger partial charge in [0.15, 0.2) is 5.69 Å². The molecule has 0 amide bonds. The molecule has 1 aromatic heterocycles. The van der Waals surface area contributed by atoms with Gasteiger partial charge in [0.05, 0.1) is 5.69 Å². The van der Waals surface area contributed by atoms with Gasteiger partial charge in [-0.1, -0.05) is 24.3 Å². The summed E-state index contributed by atoms with van der Waals surface area (Å²) in [6, 6.07) is 14.2. The van der Waals surface area contributed by atoms with Gasteiger partial charge in [-0.3, -0.25) is 0 Å². The summed E-state index contributed by atoms with van der Waals surface area (Å²) in [5.74, 6) is -0.996. The molecule has 2 N–H and O–H groups in total. The molecule has 6 nitrogen and oxygen atoms in total. The first kappa shape index (κ1) is 14.8. The van der Waals surface area contributed by atoms with Gasteiger partial charge in [-0.2, -0.15) is 9.90 Å². The van der Waals surface area contributed by atoms with E-state index in [4.69, 9.17) is 0 Å². The van der Waals surface area contributed by atoms with Crippen LogP contribution in [0.25, 0.3) is 5.69 Å². The van der Waals surface area contributed by atoms with E-state index < -0.39 is 5.97 Å². The minimum absolute atomic E-state index is 0.0881. The van der Waals surface area contributed by atoms with Crippen LogP contribution in [0.15, 0.2) is 48.5 Å². The highest BCUT2D eigenvalue weighted by Gasteiger charge is 2.19. The number of benzene rings is 2. The number of hydrogen-bond donors (Lipinski definition) is 2. The molecular weight excluding hydrogens is 294 g/mol. The Morgan fingerprint density at radius 1 is 1.13 bits per heavy atom. The van der Waals surface area contributed by atoms with Gasteiger partial charge in [0.2, 0.25) is 0 Å². The maximum Gasteiger partial charge on any atom is 0.358 e. The Morgan fingerprint density at radius 2 is 1.91 bits per heavy atom. The molecule has 23 heavy (non-hydrogen) atoms. The molecular formula is C17H15N3O3. The number of carboxylic acids is 1. The monoisotopic (exact) mass is 309 g/mol. The second-order valence-corrected chi connectivity index (χ2v) is 5.28. The van der Waals surface area contributed by atoms with E-state index in [2.05, 4.69) is 10.2 Å². The summed E-state index contributed by atoms with van der Waals surface area (Å²) >= 11 is 0. The van der Waals surface area contributed by atoms with Gasteiger partial charge in [-0.15, -0.1) is 5.10 Å². The van der Waals surface area contributed by atoms with E-state index in [9.17, 15) is 15.0 Å². The van der Waals surface area contributed by atoms with E-state index in [-0.39, 0.29) is 17.9 Å². The van der Waals surface area contributed by atoms with Gasteiger partial charge in [-0.25, -0.2) is 4.79 Å². The van der Waals surface area contributed by atoms with Crippen LogP contribution in [0.3, 0.4) is 0 Å². The fraction of sp³-hybridized carbons (Fsp3) is 0.118. The maximum atomic E-state index is 11.4. The second-order valence-electron chi connectivity index (χ2n) is 5.28. The zero-order valence-corrected chi connectivity index (χ0v) is 12.5. The molecule has 0 fully saturated rings. The minimum atomic E-state index is -1.13. The summed E-state index contributed by atoms with van der Waals surface area (Å²) in [4.78, 5) is 12.8. The predicted octanol–water partition coefficient (Wildman–Crippen LogP) is 2.57. The number of rotatable bonds is 4. The summed E-state index contributed by atoms with van der Waals surface area (Å²) in [5, 5.41) is 27.3. The number of aryl methyl sites for hydroxylation is 1. The van der Waals surface area contributed by atoms with E-state index in [0.717, 1.165) is 11.1 Å². The highest BCUT2D eigenvalue weighted by molar-refractivity contribution is 5.86. The standard InChI is InChI=1S/C17H15N3O3/c1-11-4-2-6-13(8-11)20-18-15(16(19-20)17(22)23)10-12-5-3-7-14(21)9-12/h2-9,21H,10H2,1H3,(H,22,23). The number of aromatic carboxylic acids is 1. The van der Waals surface area contributed by atoms with Crippen molar-refractivity contribution >= 4 is 5.97 Å². The van der Waals surface area contributed by atoms with E-state index in [1.54, 1.807) is 24.3 Å². The zero-order chi connectivity index (χ0) is 16.4. The van der Waals surface area contributed by atoms with Crippen molar-refractivity contribution in [1.29, 1.82) is 0 Å². The van der Waals surface area contributed by atoms with E-state index in [1.165, 1.54) is 4.80 Å². The molecule has 1 heterocycles. The van der Waals surface area contributed by atoms with Crippen molar-refractivity contribution in [2.24, 2.45) is 0 Å². The smallest absolute Gasteiger partial charge is 0.358 e. The van der Waals surface area contributed by atoms with Crippen LogP contribution in [0.1, 0.15) is 27.3 Å². The Hall–Kier alpha value is -3.15. The molecule has 0 atom stereocenters. The van der Waals surface area contributed by atoms with Gasteiger partial charge in [0.25, 0.3) is 0 Å². The van der Waals surface area contributed by atoms with Crippen LogP contribution in [-0.4, -0.2) is 31.2 Å². The third kappa shape index (κ3) is 3.21. The second kappa shape index (κ2) is 5.92. The molecule has 0 saturated carbocycles. The molecule has 3 aromatic rings. The van der Waals surface area contributed by atoms with Crippen LogP contribution >= 0.6 is 0 Å². The van der Waals surface area contributed by atoms with Gasteiger partial charge < -0.3 is 10.2 Å². The molecule has 0 aliphatic carbocycles. The Kier molecular flexibility index (Phi) is 3.80. The topological polar surface area (TPSA) is 88.2 Å². The lowest BCUT2D eigenvalue weighted by Crippen LogP contribution is -2.03. The Bertz CT molecular complexity index is 871. The Morgan fingerprint density at radius 3 is 2.61 bits per heavy atom. The van der Waals surface area contributed by atoms with Crippen LogP contribution in [0.4, 0.5) is 0 Å². The number of phenolic OH excluding ortho intramolecular Hbond substituents is 1. The van der Waals surface area contributed by atoms with Crippen molar-refractivity contribution < 1.29 is 15.0 Å². The molecule has 0 saturated heterocycles. The summed E-state index contributed by atoms with van der Waals surface area (Å²) < 4.78 is 0. The van der Waals surface area contributed by atoms with Gasteiger partial charge in [0.1, 0.15) is 11.4 Å². The quantitative estimate of drug-likeness (QED) is 0.773. The van der Waals surface area contributed by atoms with Crippen molar-refractivity contribution in [3.63, 3.8) is 0 Å². The van der Waals surface area contributed by atoms with Crippen molar-refractivity contribution in [3.8, 4) is 11.4 Å². The van der Waals surface area contributed by atoms with Crippen LogP contribution in [0.5, 0.6) is 5.75 Å². The normalized spacial score (nSPS) is 10.7. The third-order valence-electron chi connectivity index (χ3n) is 3.40. The zero-order valence-electron chi connectivity index (χ0n) is 12.5. The highest BCUT2D eigenvalue weighted by atomic mass is 16.4. The summed E-state index contributed by atoms with van der Waals surface area (Å²) in [5.41, 5.74) is 2.77. The average Bonchev–Trinajstić information content (AvgIpc) is 2.91. The van der Waals surface area contributed by atoms with Crippen molar-refractivity contribution in [1.82, 2.24) is 15.0 Å². The molecule has 0 aliphatic heterocycles. The van der Waals surface area contributed by atoms with Crippen molar-refractivity contribution in [2.45, 2.75) is 13.3 Å². The van der Waals surface area contributed by atoms with E-state index in [0.29, 0.717) is 11.4 Å². The van der Waals surface area contributed by atoms with Crippen LogP contribution in [0.2, 0.25) is 0 Å². The van der Waals surface area contributed by atoms with E-state index in [1.807, 2.05) is 31.2 Å². The van der Waals surface area contributed by atoms with Gasteiger partial charge in [-0.05, 0) is 42.3 Å². The van der Waals surface area contributed by atoms with Crippen LogP contribution < -0.4 is 0 Å². The summed E-state index contributed by atoms with van der Waals surface area (Å²) in [7, 11) is 0. The van der Waals surface area contributed by atoms with Crippen molar-refractivity contribution in [3.05, 3.63) is 71.0 Å². The molecule has 0 bridgehead atoms. The number of nitrogens with zero attached hydrogens (tertiary/aromatic N) is 3. The number of carboxylic acid groups (broad SMARTS) is 1. The lowest BCUT2D eigenvalue weighted by Gasteiger charge is -2.01. The molecule has 116 valence electrons. The Balaban J connectivity index is 2.01. The Labute approximate surface area is 132 Å². The SMILES string of the molecule is Cc1cccc(-n2nc(Cc3cccc(O)c3)c(C(=O)O)n2)c1. The number of phenols is 1. The molecule has 3 rings (SSSR count). The number of aromatic hydroxyl groups is 1. The maximum absolute atomic E-state index is 11.4. The third-order valence-corrected chi connectivity index (χ3v) is 3.40. The lowest BCUT2D eigenvalue weighted by atomic mass is 10.1. The fourth-order valence-electron chi connectivity index (χ4n) is 2.35. The predicted molar refractivity (Wildman–Crippen MR) is 84.0 cm³/mol. The van der Waals surface area contributed by atoms with Gasteiger partial charge >= 0.3 is 5.97 Å². The minimum Gasteiger partial charge on any atom is -0.508 e. The average molecular weight is 309 g/mol. The largest absolute Gasteiger partial charge is 0.508 e. The van der Waals surface area contributed by atoms with E-state index >= 15 is 0 Å². The molecule has 0 aliphatic rings. The first-order chi connectivity index (χ1) is 11.0. The highest BCUT2D eigenvalue weighted by Crippen LogP contribution is 2.17. The first-order valence-corrected chi connectivity index (χ1v) is 7.07. The fourth-order valence-corrected chi connectivity index (χ4v) is 2.35. The molecule has 0 radical (unpaired) electrons. The molecule has 6 heteroatoms.